The molecule has 1 heterocycles. The van der Waals surface area contributed by atoms with Gasteiger partial charge in [0.25, 0.3) is 0 Å². The summed E-state index contributed by atoms with van der Waals surface area (Å²) in [5.74, 6) is -0.987. The summed E-state index contributed by atoms with van der Waals surface area (Å²) >= 11 is 4.43. The molecule has 3 nitrogen and oxygen atoms in total. The molecule has 1 rings (SSSR count). The second-order valence-electron chi connectivity index (χ2n) is 2.59. The zero-order chi connectivity index (χ0) is 10.9. The quantitative estimate of drug-likeness (QED) is 0.718. The van der Waals surface area contributed by atoms with E-state index in [-0.39, 0.29) is 16.6 Å². The van der Waals surface area contributed by atoms with Crippen LogP contribution < -0.4 is 11.1 Å². The average Bonchev–Trinajstić information content (AvgIpc) is 2.28. The SMILES string of the molecule is Cc1cc(NC(N)=S)c(C(F)(F)F)o1. The molecule has 7 heteroatoms. The first kappa shape index (κ1) is 10.8. The van der Waals surface area contributed by atoms with Crippen LogP contribution in [0.15, 0.2) is 10.5 Å². The van der Waals surface area contributed by atoms with Gasteiger partial charge in [0.05, 0.1) is 5.69 Å². The highest BCUT2D eigenvalue weighted by Crippen LogP contribution is 2.36. The Morgan fingerprint density at radius 2 is 2.14 bits per heavy atom. The minimum Gasteiger partial charge on any atom is -0.455 e. The van der Waals surface area contributed by atoms with E-state index in [1.165, 1.54) is 13.0 Å². The number of halogens is 3. The smallest absolute Gasteiger partial charge is 0.451 e. The minimum atomic E-state index is -4.55. The van der Waals surface area contributed by atoms with Crippen molar-refractivity contribution in [3.63, 3.8) is 0 Å². The highest BCUT2D eigenvalue weighted by atomic mass is 32.1. The van der Waals surface area contributed by atoms with Crippen molar-refractivity contribution in [2.24, 2.45) is 5.73 Å². The fourth-order valence-corrected chi connectivity index (χ4v) is 1.06. The van der Waals surface area contributed by atoms with Gasteiger partial charge in [0.1, 0.15) is 5.76 Å². The van der Waals surface area contributed by atoms with E-state index in [4.69, 9.17) is 5.73 Å². The van der Waals surface area contributed by atoms with Crippen LogP contribution in [0.5, 0.6) is 0 Å². The average molecular weight is 224 g/mol. The van der Waals surface area contributed by atoms with Gasteiger partial charge in [0.2, 0.25) is 5.76 Å². The normalized spacial score (nSPS) is 11.4. The Hall–Kier alpha value is -1.24. The molecule has 0 saturated carbocycles. The Bertz CT molecular complexity index is 358. The number of hydrogen-bond acceptors (Lipinski definition) is 2. The third-order valence-electron chi connectivity index (χ3n) is 1.37. The highest BCUT2D eigenvalue weighted by molar-refractivity contribution is 7.80. The summed E-state index contributed by atoms with van der Waals surface area (Å²) in [7, 11) is 0. The van der Waals surface area contributed by atoms with Crippen LogP contribution in [0.2, 0.25) is 0 Å². The van der Waals surface area contributed by atoms with Gasteiger partial charge >= 0.3 is 6.18 Å². The number of alkyl halides is 3. The van der Waals surface area contributed by atoms with Crippen LogP contribution in [-0.2, 0) is 6.18 Å². The molecule has 78 valence electrons. The Balaban J connectivity index is 3.09. The standard InChI is InChI=1S/C7H7F3N2OS/c1-3-2-4(12-6(11)14)5(13-3)7(8,9)10/h2H,1H3,(H3,11,12,14). The lowest BCUT2D eigenvalue weighted by molar-refractivity contribution is -0.152. The number of aryl methyl sites for hydroxylation is 1. The number of nitrogens with one attached hydrogen (secondary N) is 1. The van der Waals surface area contributed by atoms with Crippen molar-refractivity contribution in [2.75, 3.05) is 5.32 Å². The second kappa shape index (κ2) is 3.49. The van der Waals surface area contributed by atoms with Crippen molar-refractivity contribution in [3.8, 4) is 0 Å². The van der Waals surface area contributed by atoms with E-state index in [1.807, 2.05) is 0 Å². The first-order valence-electron chi connectivity index (χ1n) is 3.55. The topological polar surface area (TPSA) is 51.2 Å². The number of anilines is 1. The molecule has 14 heavy (non-hydrogen) atoms. The summed E-state index contributed by atoms with van der Waals surface area (Å²) in [4.78, 5) is 0. The molecule has 0 atom stereocenters. The number of furan rings is 1. The number of hydrogen-bond donors (Lipinski definition) is 2. The number of rotatable bonds is 1. The van der Waals surface area contributed by atoms with Crippen LogP contribution in [0.1, 0.15) is 11.5 Å². The summed E-state index contributed by atoms with van der Waals surface area (Å²) in [6, 6.07) is 1.18. The Kier molecular flexibility index (Phi) is 2.70. The van der Waals surface area contributed by atoms with Crippen LogP contribution >= 0.6 is 12.2 Å². The Labute approximate surface area is 83.1 Å². The molecular weight excluding hydrogens is 217 g/mol. The molecule has 0 aromatic carbocycles. The summed E-state index contributed by atoms with van der Waals surface area (Å²) < 4.78 is 41.4. The van der Waals surface area contributed by atoms with E-state index in [1.54, 1.807) is 0 Å². The summed E-state index contributed by atoms with van der Waals surface area (Å²) in [5, 5.41) is 1.96. The zero-order valence-corrected chi connectivity index (χ0v) is 7.92. The molecule has 1 aromatic rings. The van der Waals surface area contributed by atoms with Gasteiger partial charge < -0.3 is 15.5 Å². The summed E-state index contributed by atoms with van der Waals surface area (Å²) in [5.41, 5.74) is 4.80. The van der Waals surface area contributed by atoms with Gasteiger partial charge in [-0.05, 0) is 19.1 Å². The van der Waals surface area contributed by atoms with Crippen LogP contribution in [0, 0.1) is 6.92 Å². The fourth-order valence-electron chi connectivity index (χ4n) is 0.950. The van der Waals surface area contributed by atoms with E-state index in [0.717, 1.165) is 0 Å². The Morgan fingerprint density at radius 1 is 1.57 bits per heavy atom. The van der Waals surface area contributed by atoms with Gasteiger partial charge in [-0.15, -0.1) is 0 Å². The molecule has 0 aliphatic heterocycles. The van der Waals surface area contributed by atoms with E-state index in [0.29, 0.717) is 0 Å². The molecule has 0 unspecified atom stereocenters. The fraction of sp³-hybridized carbons (Fsp3) is 0.286. The number of nitrogens with two attached hydrogens (primary N) is 1. The molecule has 0 aliphatic rings. The molecule has 0 amide bonds. The Morgan fingerprint density at radius 3 is 2.57 bits per heavy atom. The molecule has 0 spiro atoms. The maximum Gasteiger partial charge on any atom is 0.451 e. The second-order valence-corrected chi connectivity index (χ2v) is 3.03. The lowest BCUT2D eigenvalue weighted by atomic mass is 10.3. The largest absolute Gasteiger partial charge is 0.455 e. The molecular formula is C7H7F3N2OS. The van der Waals surface area contributed by atoms with Crippen molar-refractivity contribution >= 4 is 23.0 Å². The maximum absolute atomic E-state index is 12.3. The van der Waals surface area contributed by atoms with Gasteiger partial charge in [-0.3, -0.25) is 0 Å². The van der Waals surface area contributed by atoms with Crippen molar-refractivity contribution in [3.05, 3.63) is 17.6 Å². The predicted octanol–water partition coefficient (Wildman–Crippen LogP) is 2.26. The van der Waals surface area contributed by atoms with Crippen molar-refractivity contribution in [2.45, 2.75) is 13.1 Å². The van der Waals surface area contributed by atoms with E-state index >= 15 is 0 Å². The lowest BCUT2D eigenvalue weighted by Crippen LogP contribution is -2.20. The van der Waals surface area contributed by atoms with Crippen molar-refractivity contribution in [1.29, 1.82) is 0 Å². The third kappa shape index (κ3) is 2.38. The maximum atomic E-state index is 12.3. The lowest BCUT2D eigenvalue weighted by Gasteiger charge is -2.06. The molecule has 0 radical (unpaired) electrons. The summed E-state index contributed by atoms with van der Waals surface area (Å²) in [6.45, 7) is 1.40. The van der Waals surface area contributed by atoms with Gasteiger partial charge in [0, 0.05) is 6.07 Å². The monoisotopic (exact) mass is 224 g/mol. The first-order valence-corrected chi connectivity index (χ1v) is 3.95. The molecule has 0 bridgehead atoms. The molecule has 3 N–H and O–H groups in total. The molecule has 0 saturated heterocycles. The van der Waals surface area contributed by atoms with Crippen LogP contribution in [-0.4, -0.2) is 5.11 Å². The highest BCUT2D eigenvalue weighted by Gasteiger charge is 2.38. The van der Waals surface area contributed by atoms with Crippen LogP contribution in [0.25, 0.3) is 0 Å². The molecule has 0 fully saturated rings. The van der Waals surface area contributed by atoms with E-state index in [9.17, 15) is 13.2 Å². The van der Waals surface area contributed by atoms with Crippen molar-refractivity contribution in [1.82, 2.24) is 0 Å². The number of thiocarbonyl (C=S) groups is 1. The predicted molar refractivity (Wildman–Crippen MR) is 48.9 cm³/mol. The van der Waals surface area contributed by atoms with Gasteiger partial charge in [-0.1, -0.05) is 0 Å². The minimum absolute atomic E-state index is 0.135. The first-order chi connectivity index (χ1) is 6.30. The van der Waals surface area contributed by atoms with Crippen molar-refractivity contribution < 1.29 is 17.6 Å². The third-order valence-corrected chi connectivity index (χ3v) is 1.47. The summed E-state index contributed by atoms with van der Waals surface area (Å²) in [6.07, 6.45) is -4.55. The zero-order valence-electron chi connectivity index (χ0n) is 7.11. The molecule has 1 aromatic heterocycles. The van der Waals surface area contributed by atoms with Crippen LogP contribution in [0.4, 0.5) is 18.9 Å². The van der Waals surface area contributed by atoms with Gasteiger partial charge in [0.15, 0.2) is 5.11 Å². The van der Waals surface area contributed by atoms with Crippen LogP contribution in [0.3, 0.4) is 0 Å². The van der Waals surface area contributed by atoms with E-state index < -0.39 is 11.9 Å². The van der Waals surface area contributed by atoms with Gasteiger partial charge in [-0.25, -0.2) is 0 Å². The van der Waals surface area contributed by atoms with E-state index in [2.05, 4.69) is 22.0 Å². The molecule has 0 aliphatic carbocycles. The van der Waals surface area contributed by atoms with Gasteiger partial charge in [-0.2, -0.15) is 13.2 Å².